The van der Waals surface area contributed by atoms with Gasteiger partial charge in [0.15, 0.2) is 5.96 Å². The Morgan fingerprint density at radius 1 is 1.41 bits per heavy atom. The van der Waals surface area contributed by atoms with Crippen LogP contribution in [0.25, 0.3) is 0 Å². The highest BCUT2D eigenvalue weighted by Crippen LogP contribution is 2.31. The van der Waals surface area contributed by atoms with Crippen molar-refractivity contribution in [1.82, 2.24) is 10.2 Å². The number of aliphatic imine (C=N–C) groups is 1. The minimum Gasteiger partial charge on any atom is -0.388 e. The first-order chi connectivity index (χ1) is 8.11. The van der Waals surface area contributed by atoms with Gasteiger partial charge < -0.3 is 15.3 Å². The summed E-state index contributed by atoms with van der Waals surface area (Å²) in [6.45, 7) is 6.68. The largest absolute Gasteiger partial charge is 0.388 e. The van der Waals surface area contributed by atoms with Crippen LogP contribution in [0, 0.1) is 0 Å². The third kappa shape index (κ3) is 4.54. The molecule has 17 heavy (non-hydrogen) atoms. The minimum atomic E-state index is -0.522. The Balaban J connectivity index is 2.47. The smallest absolute Gasteiger partial charge is 0.193 e. The van der Waals surface area contributed by atoms with Crippen LogP contribution in [0.1, 0.15) is 46.0 Å². The van der Waals surface area contributed by atoms with Gasteiger partial charge >= 0.3 is 0 Å². The molecule has 0 saturated heterocycles. The van der Waals surface area contributed by atoms with Crippen molar-refractivity contribution in [1.29, 1.82) is 0 Å². The lowest BCUT2D eigenvalue weighted by Gasteiger charge is -2.35. The Morgan fingerprint density at radius 2 is 2.12 bits per heavy atom. The lowest BCUT2D eigenvalue weighted by molar-refractivity contribution is -0.0237. The zero-order chi connectivity index (χ0) is 12.7. The van der Waals surface area contributed by atoms with Gasteiger partial charge in [0.2, 0.25) is 0 Å². The second kappa shape index (κ2) is 6.84. The molecule has 0 spiro atoms. The topological polar surface area (TPSA) is 47.9 Å². The Labute approximate surface area is 105 Å². The van der Waals surface area contributed by atoms with Gasteiger partial charge in [-0.05, 0) is 32.6 Å². The highest BCUT2D eigenvalue weighted by Gasteiger charge is 2.34. The average molecular weight is 241 g/mol. The number of nitrogens with one attached hydrogen (secondary N) is 1. The van der Waals surface area contributed by atoms with Crippen molar-refractivity contribution in [3.8, 4) is 0 Å². The summed E-state index contributed by atoms with van der Waals surface area (Å²) in [6, 6.07) is 0. The molecule has 0 heterocycles. The molecule has 0 radical (unpaired) electrons. The van der Waals surface area contributed by atoms with Gasteiger partial charge in [0.1, 0.15) is 0 Å². The van der Waals surface area contributed by atoms with Crippen LogP contribution in [-0.2, 0) is 0 Å². The number of hydrogen-bond acceptors (Lipinski definition) is 2. The first-order valence-electron chi connectivity index (χ1n) is 6.83. The Hall–Kier alpha value is -0.770. The van der Waals surface area contributed by atoms with Crippen LogP contribution in [0.5, 0.6) is 0 Å². The van der Waals surface area contributed by atoms with E-state index in [0.29, 0.717) is 6.54 Å². The predicted molar refractivity (Wildman–Crippen MR) is 72.3 cm³/mol. The molecule has 0 aromatic carbocycles. The Bertz CT molecular complexity index is 249. The lowest BCUT2D eigenvalue weighted by atomic mass is 9.80. The van der Waals surface area contributed by atoms with E-state index in [4.69, 9.17) is 0 Å². The fourth-order valence-electron chi connectivity index (χ4n) is 1.94. The lowest BCUT2D eigenvalue weighted by Crippen LogP contribution is -2.44. The third-order valence-corrected chi connectivity index (χ3v) is 3.35. The summed E-state index contributed by atoms with van der Waals surface area (Å²) in [5.41, 5.74) is -0.522. The molecule has 4 heteroatoms. The predicted octanol–water partition coefficient (Wildman–Crippen LogP) is 1.60. The zero-order valence-corrected chi connectivity index (χ0v) is 11.5. The van der Waals surface area contributed by atoms with Gasteiger partial charge in [-0.15, -0.1) is 0 Å². The molecule has 0 unspecified atom stereocenters. The van der Waals surface area contributed by atoms with Gasteiger partial charge in [0, 0.05) is 20.1 Å². The summed E-state index contributed by atoms with van der Waals surface area (Å²) in [6.07, 6.45) is 5.29. The number of nitrogens with zero attached hydrogens (tertiary/aromatic N) is 2. The van der Waals surface area contributed by atoms with Crippen LogP contribution in [0.4, 0.5) is 0 Å². The van der Waals surface area contributed by atoms with Gasteiger partial charge in [0.05, 0.1) is 12.1 Å². The SMILES string of the molecule is CCCCN(C)C(=NCC1(O)CCC1)NCC. The molecule has 1 aliphatic carbocycles. The van der Waals surface area contributed by atoms with E-state index >= 15 is 0 Å². The van der Waals surface area contributed by atoms with Gasteiger partial charge in [-0.3, -0.25) is 4.99 Å². The average Bonchev–Trinajstić information content (AvgIpc) is 2.29. The molecule has 1 fully saturated rings. The van der Waals surface area contributed by atoms with Crippen LogP contribution in [0.2, 0.25) is 0 Å². The van der Waals surface area contributed by atoms with Gasteiger partial charge in [-0.25, -0.2) is 0 Å². The van der Waals surface area contributed by atoms with Gasteiger partial charge in [-0.1, -0.05) is 13.3 Å². The van der Waals surface area contributed by atoms with Crippen molar-refractivity contribution in [3.05, 3.63) is 0 Å². The maximum absolute atomic E-state index is 10.0. The quantitative estimate of drug-likeness (QED) is 0.548. The molecule has 0 aromatic rings. The second-order valence-corrected chi connectivity index (χ2v) is 5.02. The maximum atomic E-state index is 10.0. The number of aliphatic hydroxyl groups is 1. The van der Waals surface area contributed by atoms with Crippen molar-refractivity contribution in [2.24, 2.45) is 4.99 Å². The number of guanidine groups is 1. The van der Waals surface area contributed by atoms with Crippen LogP contribution in [0.15, 0.2) is 4.99 Å². The summed E-state index contributed by atoms with van der Waals surface area (Å²) in [5, 5.41) is 13.3. The normalized spacial score (nSPS) is 18.7. The van der Waals surface area contributed by atoms with Crippen molar-refractivity contribution in [2.45, 2.75) is 51.6 Å². The monoisotopic (exact) mass is 241 g/mol. The van der Waals surface area contributed by atoms with E-state index in [2.05, 4.69) is 36.1 Å². The molecule has 1 saturated carbocycles. The molecule has 1 aliphatic rings. The van der Waals surface area contributed by atoms with Crippen molar-refractivity contribution < 1.29 is 5.11 Å². The Morgan fingerprint density at radius 3 is 2.59 bits per heavy atom. The van der Waals surface area contributed by atoms with Crippen molar-refractivity contribution in [3.63, 3.8) is 0 Å². The number of unbranched alkanes of at least 4 members (excludes halogenated alkanes) is 1. The molecule has 0 bridgehead atoms. The first-order valence-corrected chi connectivity index (χ1v) is 6.83. The molecule has 100 valence electrons. The highest BCUT2D eigenvalue weighted by atomic mass is 16.3. The van der Waals surface area contributed by atoms with Crippen LogP contribution in [0.3, 0.4) is 0 Å². The summed E-state index contributed by atoms with van der Waals surface area (Å²) in [7, 11) is 2.06. The van der Waals surface area contributed by atoms with Gasteiger partial charge in [-0.2, -0.15) is 0 Å². The number of rotatable bonds is 6. The molecule has 0 atom stereocenters. The van der Waals surface area contributed by atoms with Crippen LogP contribution < -0.4 is 5.32 Å². The first kappa shape index (κ1) is 14.3. The fraction of sp³-hybridized carbons (Fsp3) is 0.923. The van der Waals surface area contributed by atoms with Gasteiger partial charge in [0.25, 0.3) is 0 Å². The van der Waals surface area contributed by atoms with E-state index in [1.165, 1.54) is 12.8 Å². The van der Waals surface area contributed by atoms with E-state index in [9.17, 15) is 5.11 Å². The minimum absolute atomic E-state index is 0.522. The zero-order valence-electron chi connectivity index (χ0n) is 11.5. The van der Waals surface area contributed by atoms with E-state index < -0.39 is 5.60 Å². The van der Waals surface area contributed by atoms with Crippen LogP contribution >= 0.6 is 0 Å². The van der Waals surface area contributed by atoms with Crippen LogP contribution in [-0.4, -0.2) is 48.2 Å². The number of hydrogen-bond donors (Lipinski definition) is 2. The molecule has 2 N–H and O–H groups in total. The van der Waals surface area contributed by atoms with Crippen molar-refractivity contribution in [2.75, 3.05) is 26.7 Å². The molecular weight excluding hydrogens is 214 g/mol. The molecule has 0 aliphatic heterocycles. The highest BCUT2D eigenvalue weighted by molar-refractivity contribution is 5.79. The standard InChI is InChI=1S/C13H27N3O/c1-4-6-10-16(3)12(14-5-2)15-11-13(17)8-7-9-13/h17H,4-11H2,1-3H3,(H,14,15). The Kier molecular flexibility index (Phi) is 5.75. The third-order valence-electron chi connectivity index (χ3n) is 3.35. The van der Waals surface area contributed by atoms with E-state index in [1.807, 2.05) is 0 Å². The summed E-state index contributed by atoms with van der Waals surface area (Å²) in [5.74, 6) is 0.918. The van der Waals surface area contributed by atoms with Crippen molar-refractivity contribution >= 4 is 5.96 Å². The summed E-state index contributed by atoms with van der Waals surface area (Å²) < 4.78 is 0. The van der Waals surface area contributed by atoms with E-state index in [1.54, 1.807) is 0 Å². The molecular formula is C13H27N3O. The molecule has 1 rings (SSSR count). The molecule has 0 amide bonds. The molecule has 4 nitrogen and oxygen atoms in total. The van der Waals surface area contributed by atoms with E-state index in [0.717, 1.165) is 38.3 Å². The maximum Gasteiger partial charge on any atom is 0.193 e. The second-order valence-electron chi connectivity index (χ2n) is 5.02. The van der Waals surface area contributed by atoms with E-state index in [-0.39, 0.29) is 0 Å². The molecule has 0 aromatic heterocycles. The fourth-order valence-corrected chi connectivity index (χ4v) is 1.94. The summed E-state index contributed by atoms with van der Waals surface area (Å²) in [4.78, 5) is 6.69. The summed E-state index contributed by atoms with van der Waals surface area (Å²) >= 11 is 0.